The normalized spacial score (nSPS) is 19.9. The maximum Gasteiger partial charge on any atom is 0.241 e. The summed E-state index contributed by atoms with van der Waals surface area (Å²) in [6.45, 7) is 1.76. The number of benzene rings is 1. The number of carbonyl (C=O) groups excluding carboxylic acids is 1. The van der Waals surface area contributed by atoms with Crippen molar-refractivity contribution in [3.05, 3.63) is 29.1 Å². The first-order valence-electron chi connectivity index (χ1n) is 3.88. The van der Waals surface area contributed by atoms with Crippen LogP contribution in [0.3, 0.4) is 0 Å². The van der Waals surface area contributed by atoms with Crippen molar-refractivity contribution in [3.8, 4) is 0 Å². The highest BCUT2D eigenvalue weighted by atomic mass is 32.1. The van der Waals surface area contributed by atoms with Crippen LogP contribution in [0.1, 0.15) is 16.4 Å². The molecule has 0 aliphatic carbocycles. The third-order valence-corrected chi connectivity index (χ3v) is 2.63. The van der Waals surface area contributed by atoms with Crippen LogP contribution >= 0.6 is 12.6 Å². The molecule has 1 N–H and O–H groups in total. The van der Waals surface area contributed by atoms with Gasteiger partial charge in [-0.15, -0.1) is 0 Å². The maximum atomic E-state index is 13.0. The van der Waals surface area contributed by atoms with Gasteiger partial charge >= 0.3 is 0 Å². The van der Waals surface area contributed by atoms with Gasteiger partial charge in [-0.2, -0.15) is 12.6 Å². The zero-order valence-corrected chi connectivity index (χ0v) is 7.86. The Hall–Kier alpha value is -1.03. The van der Waals surface area contributed by atoms with Gasteiger partial charge in [-0.25, -0.2) is 4.39 Å². The highest BCUT2D eigenvalue weighted by Crippen LogP contribution is 2.37. The number of aryl methyl sites for hydroxylation is 1. The van der Waals surface area contributed by atoms with Crippen LogP contribution in [0.15, 0.2) is 12.1 Å². The van der Waals surface area contributed by atoms with Crippen LogP contribution in [0.4, 0.5) is 10.1 Å². The molecule has 68 valence electrons. The second kappa shape index (κ2) is 2.73. The predicted octanol–water partition coefficient (Wildman–Crippen LogP) is 2.06. The fourth-order valence-corrected chi connectivity index (χ4v) is 1.76. The van der Waals surface area contributed by atoms with Gasteiger partial charge in [0.2, 0.25) is 5.91 Å². The summed E-state index contributed by atoms with van der Waals surface area (Å²) >= 11 is 4.08. The fourth-order valence-electron chi connectivity index (χ4n) is 1.49. The van der Waals surface area contributed by atoms with Crippen molar-refractivity contribution in [2.24, 2.45) is 0 Å². The standard InChI is InChI=1S/C9H8FNOS/c1-4-2-5(10)3-6-7(4)11-9(12)8(6)13/h2-3,8,13H,1H3,(H,11,12). The van der Waals surface area contributed by atoms with E-state index in [4.69, 9.17) is 0 Å². The number of rotatable bonds is 0. The maximum absolute atomic E-state index is 13.0. The molecule has 0 saturated carbocycles. The number of thiol groups is 1. The minimum atomic E-state index is -0.538. The summed E-state index contributed by atoms with van der Waals surface area (Å²) < 4.78 is 13.0. The van der Waals surface area contributed by atoms with Gasteiger partial charge in [-0.1, -0.05) is 0 Å². The third kappa shape index (κ3) is 1.21. The van der Waals surface area contributed by atoms with E-state index in [-0.39, 0.29) is 11.7 Å². The molecule has 2 nitrogen and oxygen atoms in total. The van der Waals surface area contributed by atoms with E-state index in [2.05, 4.69) is 17.9 Å². The zero-order chi connectivity index (χ0) is 9.59. The Labute approximate surface area is 80.6 Å². The molecule has 1 aromatic rings. The van der Waals surface area contributed by atoms with Crippen molar-refractivity contribution < 1.29 is 9.18 Å². The molecule has 2 rings (SSSR count). The lowest BCUT2D eigenvalue weighted by molar-refractivity contribution is -0.115. The SMILES string of the molecule is Cc1cc(F)cc2c1NC(=O)C2S. The molecule has 1 amide bonds. The second-order valence-corrected chi connectivity index (χ2v) is 3.60. The summed E-state index contributed by atoms with van der Waals surface area (Å²) in [5, 5.41) is 2.12. The van der Waals surface area contributed by atoms with Gasteiger partial charge in [0, 0.05) is 11.3 Å². The van der Waals surface area contributed by atoms with E-state index < -0.39 is 5.25 Å². The number of amides is 1. The zero-order valence-electron chi connectivity index (χ0n) is 6.97. The largest absolute Gasteiger partial charge is 0.324 e. The summed E-state index contributed by atoms with van der Waals surface area (Å²) in [6.07, 6.45) is 0. The van der Waals surface area contributed by atoms with Crippen molar-refractivity contribution >= 4 is 24.2 Å². The molecule has 0 saturated heterocycles. The number of carbonyl (C=O) groups is 1. The molecule has 1 aromatic carbocycles. The molecule has 1 unspecified atom stereocenters. The average molecular weight is 197 g/mol. The summed E-state index contributed by atoms with van der Waals surface area (Å²) in [5.41, 5.74) is 2.07. The minimum absolute atomic E-state index is 0.188. The Morgan fingerprint density at radius 2 is 2.23 bits per heavy atom. The van der Waals surface area contributed by atoms with Crippen LogP contribution in [0.2, 0.25) is 0 Å². The van der Waals surface area contributed by atoms with Crippen LogP contribution in [0.25, 0.3) is 0 Å². The molecule has 0 bridgehead atoms. The Bertz CT molecular complexity index is 391. The Morgan fingerprint density at radius 1 is 1.54 bits per heavy atom. The van der Waals surface area contributed by atoms with E-state index in [1.807, 2.05) is 0 Å². The quantitative estimate of drug-likeness (QED) is 0.612. The molecule has 13 heavy (non-hydrogen) atoms. The Morgan fingerprint density at radius 3 is 2.92 bits per heavy atom. The lowest BCUT2D eigenvalue weighted by Gasteiger charge is -2.03. The lowest BCUT2D eigenvalue weighted by atomic mass is 10.1. The Kier molecular flexibility index (Phi) is 1.80. The van der Waals surface area contributed by atoms with Gasteiger partial charge in [-0.3, -0.25) is 4.79 Å². The first-order chi connectivity index (χ1) is 6.09. The lowest BCUT2D eigenvalue weighted by Crippen LogP contribution is -2.07. The molecule has 4 heteroatoms. The van der Waals surface area contributed by atoms with Crippen LogP contribution in [0, 0.1) is 12.7 Å². The third-order valence-electron chi connectivity index (χ3n) is 2.12. The van der Waals surface area contributed by atoms with E-state index in [1.165, 1.54) is 12.1 Å². The van der Waals surface area contributed by atoms with Crippen LogP contribution in [-0.4, -0.2) is 5.91 Å². The molecule has 0 fully saturated rings. The topological polar surface area (TPSA) is 29.1 Å². The summed E-state index contributed by atoms with van der Waals surface area (Å²) in [6, 6.07) is 2.74. The van der Waals surface area contributed by atoms with Gasteiger partial charge in [0.1, 0.15) is 11.1 Å². The highest BCUT2D eigenvalue weighted by Gasteiger charge is 2.28. The van der Waals surface area contributed by atoms with E-state index in [0.717, 1.165) is 5.56 Å². The molecule has 1 heterocycles. The second-order valence-electron chi connectivity index (χ2n) is 3.08. The van der Waals surface area contributed by atoms with E-state index in [0.29, 0.717) is 11.3 Å². The smallest absolute Gasteiger partial charge is 0.241 e. The number of anilines is 1. The van der Waals surface area contributed by atoms with E-state index >= 15 is 0 Å². The first kappa shape index (κ1) is 8.56. The van der Waals surface area contributed by atoms with E-state index in [1.54, 1.807) is 6.92 Å². The number of hydrogen-bond acceptors (Lipinski definition) is 2. The predicted molar refractivity (Wildman–Crippen MR) is 51.5 cm³/mol. The molecular formula is C9H8FNOS. The van der Waals surface area contributed by atoms with Gasteiger partial charge < -0.3 is 5.32 Å². The summed E-state index contributed by atoms with van der Waals surface area (Å²) in [7, 11) is 0. The monoisotopic (exact) mass is 197 g/mol. The molecule has 0 spiro atoms. The van der Waals surface area contributed by atoms with Gasteiger partial charge in [0.15, 0.2) is 0 Å². The molecule has 1 atom stereocenters. The first-order valence-corrected chi connectivity index (χ1v) is 4.40. The van der Waals surface area contributed by atoms with Crippen LogP contribution < -0.4 is 5.32 Å². The van der Waals surface area contributed by atoms with Crippen molar-refractivity contribution in [1.82, 2.24) is 0 Å². The Balaban J connectivity index is 2.63. The summed E-state index contributed by atoms with van der Waals surface area (Å²) in [4.78, 5) is 11.2. The number of halogens is 1. The van der Waals surface area contributed by atoms with Gasteiger partial charge in [0.25, 0.3) is 0 Å². The van der Waals surface area contributed by atoms with Crippen molar-refractivity contribution in [2.75, 3.05) is 5.32 Å². The minimum Gasteiger partial charge on any atom is -0.324 e. The molecule has 0 radical (unpaired) electrons. The van der Waals surface area contributed by atoms with Gasteiger partial charge in [0.05, 0.1) is 0 Å². The summed E-state index contributed by atoms with van der Waals surface area (Å²) in [5.74, 6) is -0.515. The number of hydrogen-bond donors (Lipinski definition) is 2. The van der Waals surface area contributed by atoms with Crippen LogP contribution in [0.5, 0.6) is 0 Å². The van der Waals surface area contributed by atoms with Crippen LogP contribution in [-0.2, 0) is 4.79 Å². The average Bonchev–Trinajstić information content (AvgIpc) is 2.32. The van der Waals surface area contributed by atoms with E-state index in [9.17, 15) is 9.18 Å². The molecule has 1 aliphatic heterocycles. The van der Waals surface area contributed by atoms with Gasteiger partial charge in [-0.05, 0) is 24.6 Å². The molecule has 1 aliphatic rings. The van der Waals surface area contributed by atoms with Crippen molar-refractivity contribution in [1.29, 1.82) is 0 Å². The number of fused-ring (bicyclic) bond motifs is 1. The molecular weight excluding hydrogens is 189 g/mol. The highest BCUT2D eigenvalue weighted by molar-refractivity contribution is 7.81. The fraction of sp³-hybridized carbons (Fsp3) is 0.222. The number of nitrogens with one attached hydrogen (secondary N) is 1. The van der Waals surface area contributed by atoms with Crippen molar-refractivity contribution in [3.63, 3.8) is 0 Å². The van der Waals surface area contributed by atoms with Crippen molar-refractivity contribution in [2.45, 2.75) is 12.2 Å². The molecule has 0 aromatic heterocycles.